The average molecular weight is 607 g/mol. The molecule has 0 amide bonds. The van der Waals surface area contributed by atoms with E-state index in [-0.39, 0.29) is 24.0 Å². The molecule has 2 heterocycles. The highest BCUT2D eigenvalue weighted by atomic mass is 32.2. The Kier molecular flexibility index (Phi) is 7.73. The number of hydrogen-bond donors (Lipinski definition) is 1. The van der Waals surface area contributed by atoms with Crippen molar-refractivity contribution in [1.29, 1.82) is 0 Å². The first-order chi connectivity index (χ1) is 20.9. The van der Waals surface area contributed by atoms with E-state index in [9.17, 15) is 13.2 Å². The maximum Gasteiger partial charge on any atom is 0.264 e. The highest BCUT2D eigenvalue weighted by Gasteiger charge is 2.19. The van der Waals surface area contributed by atoms with Gasteiger partial charge in [0, 0.05) is 35.0 Å². The van der Waals surface area contributed by atoms with Gasteiger partial charge in [-0.15, -0.1) is 0 Å². The first-order valence-corrected chi connectivity index (χ1v) is 16.2. The SMILES string of the molecule is CC(C)(C)c1ccc2c(c1)nc(-c1ccc(-c3cc4ccccc4o3)cc1)n2Cc1ccc(C(=O)CCCS(=O)(=O)O)cc1. The molecule has 0 aliphatic heterocycles. The van der Waals surface area contributed by atoms with E-state index in [1.54, 1.807) is 12.1 Å². The van der Waals surface area contributed by atoms with Crippen molar-refractivity contribution in [3.8, 4) is 22.7 Å². The fourth-order valence-electron chi connectivity index (χ4n) is 5.42. The first kappa shape index (κ1) is 29.5. The Morgan fingerprint density at radius 3 is 2.27 bits per heavy atom. The van der Waals surface area contributed by atoms with Gasteiger partial charge < -0.3 is 8.98 Å². The zero-order valence-electron chi connectivity index (χ0n) is 24.9. The van der Waals surface area contributed by atoms with Crippen LogP contribution in [0.5, 0.6) is 0 Å². The Morgan fingerprint density at radius 1 is 0.886 bits per heavy atom. The van der Waals surface area contributed by atoms with Gasteiger partial charge in [0.2, 0.25) is 0 Å². The first-order valence-electron chi connectivity index (χ1n) is 14.6. The molecular formula is C36H34N2O5S. The molecule has 224 valence electrons. The van der Waals surface area contributed by atoms with Crippen molar-refractivity contribution in [2.75, 3.05) is 5.75 Å². The van der Waals surface area contributed by atoms with Crippen LogP contribution in [0.3, 0.4) is 0 Å². The van der Waals surface area contributed by atoms with Gasteiger partial charge in [-0.2, -0.15) is 8.42 Å². The topological polar surface area (TPSA) is 102 Å². The number of nitrogens with zero attached hydrogens (tertiary/aromatic N) is 2. The van der Waals surface area contributed by atoms with Crippen LogP contribution in [0.15, 0.2) is 101 Å². The van der Waals surface area contributed by atoms with Crippen molar-refractivity contribution < 1.29 is 22.2 Å². The van der Waals surface area contributed by atoms with Gasteiger partial charge in [-0.25, -0.2) is 4.98 Å². The van der Waals surface area contributed by atoms with Crippen molar-refractivity contribution in [3.05, 3.63) is 114 Å². The van der Waals surface area contributed by atoms with Crippen LogP contribution < -0.4 is 0 Å². The number of imidazole rings is 1. The molecule has 0 fully saturated rings. The van der Waals surface area contributed by atoms with E-state index in [1.165, 1.54) is 5.56 Å². The van der Waals surface area contributed by atoms with E-state index >= 15 is 0 Å². The summed E-state index contributed by atoms with van der Waals surface area (Å²) in [6, 6.07) is 32.1. The van der Waals surface area contributed by atoms with E-state index in [4.69, 9.17) is 14.0 Å². The Morgan fingerprint density at radius 2 is 1.59 bits per heavy atom. The molecule has 0 spiro atoms. The molecule has 0 atom stereocenters. The Hall–Kier alpha value is -4.53. The molecule has 0 unspecified atom stereocenters. The summed E-state index contributed by atoms with van der Waals surface area (Å²) in [7, 11) is -4.08. The van der Waals surface area contributed by atoms with Gasteiger partial charge in [0.1, 0.15) is 17.2 Å². The molecule has 0 saturated heterocycles. The largest absolute Gasteiger partial charge is 0.456 e. The summed E-state index contributed by atoms with van der Waals surface area (Å²) < 4.78 is 39.2. The molecule has 44 heavy (non-hydrogen) atoms. The molecule has 1 N–H and O–H groups in total. The maximum atomic E-state index is 12.6. The fourth-order valence-corrected chi connectivity index (χ4v) is 5.93. The lowest BCUT2D eigenvalue weighted by Crippen LogP contribution is -2.10. The van der Waals surface area contributed by atoms with E-state index in [0.29, 0.717) is 12.1 Å². The zero-order valence-corrected chi connectivity index (χ0v) is 25.8. The predicted octanol–water partition coefficient (Wildman–Crippen LogP) is 8.31. The van der Waals surface area contributed by atoms with Gasteiger partial charge in [0.05, 0.1) is 16.8 Å². The second kappa shape index (κ2) is 11.5. The molecule has 6 aromatic rings. The van der Waals surface area contributed by atoms with Gasteiger partial charge >= 0.3 is 0 Å². The summed E-state index contributed by atoms with van der Waals surface area (Å²) in [5.74, 6) is 1.07. The molecule has 0 aliphatic rings. The fraction of sp³-hybridized carbons (Fsp3) is 0.222. The third kappa shape index (κ3) is 6.37. The Bertz CT molecular complexity index is 2050. The number of aromatic nitrogens is 2. The summed E-state index contributed by atoms with van der Waals surface area (Å²) in [5.41, 5.74) is 7.44. The quantitative estimate of drug-likeness (QED) is 0.131. The van der Waals surface area contributed by atoms with Gasteiger partial charge in [-0.3, -0.25) is 9.35 Å². The number of furan rings is 1. The van der Waals surface area contributed by atoms with Crippen LogP contribution >= 0.6 is 0 Å². The lowest BCUT2D eigenvalue weighted by molar-refractivity contribution is 0.0982. The van der Waals surface area contributed by atoms with Crippen LogP contribution in [0.1, 0.15) is 55.1 Å². The van der Waals surface area contributed by atoms with Crippen LogP contribution in [0.4, 0.5) is 0 Å². The van der Waals surface area contributed by atoms with Crippen molar-refractivity contribution >= 4 is 37.9 Å². The van der Waals surface area contributed by atoms with Gasteiger partial charge in [-0.05, 0) is 47.2 Å². The molecule has 0 aliphatic carbocycles. The molecule has 0 bridgehead atoms. The van der Waals surface area contributed by atoms with Crippen LogP contribution in [-0.4, -0.2) is 34.1 Å². The van der Waals surface area contributed by atoms with Crippen LogP contribution in [0.2, 0.25) is 0 Å². The van der Waals surface area contributed by atoms with Crippen LogP contribution in [0.25, 0.3) is 44.7 Å². The average Bonchev–Trinajstić information content (AvgIpc) is 3.58. The maximum absolute atomic E-state index is 12.6. The smallest absolute Gasteiger partial charge is 0.264 e. The number of carbonyl (C=O) groups is 1. The number of para-hydroxylation sites is 1. The van der Waals surface area contributed by atoms with E-state index in [1.807, 2.05) is 36.4 Å². The highest BCUT2D eigenvalue weighted by Crippen LogP contribution is 2.33. The number of hydrogen-bond acceptors (Lipinski definition) is 5. The second-order valence-corrected chi connectivity index (χ2v) is 13.8. The zero-order chi connectivity index (χ0) is 31.1. The number of Topliss-reactive ketones (excluding diaryl/α,β-unsaturated/α-hetero) is 1. The molecule has 4 aromatic carbocycles. The molecule has 0 radical (unpaired) electrons. The molecular weight excluding hydrogens is 572 g/mol. The minimum atomic E-state index is -4.08. The number of carbonyl (C=O) groups excluding carboxylic acids is 1. The monoisotopic (exact) mass is 606 g/mol. The summed E-state index contributed by atoms with van der Waals surface area (Å²) in [5, 5.41) is 1.06. The van der Waals surface area contributed by atoms with Gasteiger partial charge in [0.25, 0.3) is 10.1 Å². The molecule has 2 aromatic heterocycles. The summed E-state index contributed by atoms with van der Waals surface area (Å²) in [6.07, 6.45) is 0.130. The van der Waals surface area contributed by atoms with E-state index in [2.05, 4.69) is 73.9 Å². The number of ketones is 1. The minimum absolute atomic E-state index is 0.0178. The van der Waals surface area contributed by atoms with Crippen molar-refractivity contribution in [1.82, 2.24) is 9.55 Å². The van der Waals surface area contributed by atoms with E-state index in [0.717, 1.165) is 50.3 Å². The third-order valence-electron chi connectivity index (χ3n) is 7.89. The Labute approximate surface area is 256 Å². The summed E-state index contributed by atoms with van der Waals surface area (Å²) in [6.45, 7) is 7.11. The standard InChI is InChI=1S/C36H34N2O5S/c1-36(2,3)29-18-19-31-30(22-29)37-35(27-16-14-26(15-17-27)34-21-28-7-4-5-9-33(28)43-34)38(31)23-24-10-12-25(13-11-24)32(39)8-6-20-44(40,41)42/h4-5,7,9-19,21-22H,6,8,20,23H2,1-3H3,(H,40,41,42). The van der Waals surface area contributed by atoms with Crippen molar-refractivity contribution in [3.63, 3.8) is 0 Å². The van der Waals surface area contributed by atoms with E-state index < -0.39 is 15.9 Å². The predicted molar refractivity (Wildman–Crippen MR) is 175 cm³/mol. The van der Waals surface area contributed by atoms with Crippen molar-refractivity contribution in [2.24, 2.45) is 0 Å². The minimum Gasteiger partial charge on any atom is -0.456 e. The lowest BCUT2D eigenvalue weighted by atomic mass is 9.87. The number of fused-ring (bicyclic) bond motifs is 2. The highest BCUT2D eigenvalue weighted by molar-refractivity contribution is 7.85. The second-order valence-electron chi connectivity index (χ2n) is 12.2. The Balaban J connectivity index is 1.32. The molecule has 0 saturated carbocycles. The van der Waals surface area contributed by atoms with Crippen molar-refractivity contribution in [2.45, 2.75) is 45.6 Å². The lowest BCUT2D eigenvalue weighted by Gasteiger charge is -2.18. The van der Waals surface area contributed by atoms with Crippen LogP contribution in [0, 0.1) is 0 Å². The normalized spacial score (nSPS) is 12.3. The molecule has 8 heteroatoms. The third-order valence-corrected chi connectivity index (χ3v) is 8.69. The number of benzene rings is 4. The van der Waals surface area contributed by atoms with Gasteiger partial charge in [-0.1, -0.05) is 93.6 Å². The summed E-state index contributed by atoms with van der Waals surface area (Å²) >= 11 is 0. The molecule has 7 nitrogen and oxygen atoms in total. The summed E-state index contributed by atoms with van der Waals surface area (Å²) in [4.78, 5) is 17.7. The van der Waals surface area contributed by atoms with Crippen LogP contribution in [-0.2, 0) is 22.1 Å². The van der Waals surface area contributed by atoms with Gasteiger partial charge in [0.15, 0.2) is 5.78 Å². The number of rotatable bonds is 9. The molecule has 6 rings (SSSR count).